The number of benzene rings is 1. The second kappa shape index (κ2) is 8.34. The zero-order chi connectivity index (χ0) is 20.4. The van der Waals surface area contributed by atoms with Crippen LogP contribution in [0.3, 0.4) is 0 Å². The summed E-state index contributed by atoms with van der Waals surface area (Å²) >= 11 is 0. The standard InChI is InChI=1S/C23H32N2O4/c1-3-29-10-9-21(26)24-15-23(16-24,13-17-5-4-6-20(12-17)28-2)22(27)25-14-18-7-8-19(25)11-18/h4-6,12,18-19H,3,7-11,13-16H2,1-2H3/t18-,19-/m0/s1. The van der Waals surface area contributed by atoms with Gasteiger partial charge in [-0.3, -0.25) is 9.59 Å². The summed E-state index contributed by atoms with van der Waals surface area (Å²) in [6.45, 7) is 4.88. The fourth-order valence-electron chi connectivity index (χ4n) is 5.30. The lowest BCUT2D eigenvalue weighted by atomic mass is 9.73. The zero-order valence-electron chi connectivity index (χ0n) is 17.6. The number of methoxy groups -OCH3 is 1. The van der Waals surface area contributed by atoms with Crippen molar-refractivity contribution >= 4 is 11.8 Å². The molecule has 1 aromatic carbocycles. The van der Waals surface area contributed by atoms with Gasteiger partial charge in [-0.25, -0.2) is 0 Å². The lowest BCUT2D eigenvalue weighted by molar-refractivity contribution is -0.162. The van der Waals surface area contributed by atoms with E-state index in [0.717, 1.165) is 30.7 Å². The van der Waals surface area contributed by atoms with Crippen LogP contribution in [0.4, 0.5) is 0 Å². The summed E-state index contributed by atoms with van der Waals surface area (Å²) in [5.74, 6) is 1.79. The van der Waals surface area contributed by atoms with Crippen LogP contribution < -0.4 is 4.74 Å². The van der Waals surface area contributed by atoms with Crippen LogP contribution in [0.1, 0.15) is 38.2 Å². The molecule has 6 nitrogen and oxygen atoms in total. The van der Waals surface area contributed by atoms with Crippen LogP contribution in [0.25, 0.3) is 0 Å². The molecule has 0 radical (unpaired) electrons. The van der Waals surface area contributed by atoms with Crippen molar-refractivity contribution in [2.75, 3.05) is 40.0 Å². The van der Waals surface area contributed by atoms with E-state index in [2.05, 4.69) is 4.90 Å². The quantitative estimate of drug-likeness (QED) is 0.629. The van der Waals surface area contributed by atoms with Crippen molar-refractivity contribution in [2.45, 2.75) is 45.1 Å². The molecule has 158 valence electrons. The van der Waals surface area contributed by atoms with Gasteiger partial charge in [-0.05, 0) is 56.2 Å². The Bertz CT molecular complexity index is 759. The average molecular weight is 401 g/mol. The first-order chi connectivity index (χ1) is 14.0. The van der Waals surface area contributed by atoms with Crippen molar-refractivity contribution in [1.29, 1.82) is 0 Å². The number of rotatable bonds is 8. The summed E-state index contributed by atoms with van der Waals surface area (Å²) in [6.07, 6.45) is 4.55. The number of piperidine rings is 1. The molecule has 6 heteroatoms. The normalized spacial score (nSPS) is 24.5. The molecule has 4 rings (SSSR count). The smallest absolute Gasteiger partial charge is 0.232 e. The number of nitrogens with zero attached hydrogens (tertiary/aromatic N) is 2. The van der Waals surface area contributed by atoms with E-state index in [1.807, 2.05) is 36.1 Å². The van der Waals surface area contributed by atoms with Gasteiger partial charge in [0.05, 0.1) is 25.6 Å². The Kier molecular flexibility index (Phi) is 5.81. The van der Waals surface area contributed by atoms with E-state index in [0.29, 0.717) is 51.1 Å². The molecule has 2 aliphatic heterocycles. The van der Waals surface area contributed by atoms with Crippen molar-refractivity contribution in [3.8, 4) is 5.75 Å². The number of amides is 2. The van der Waals surface area contributed by atoms with Crippen LogP contribution in [0.5, 0.6) is 5.75 Å². The second-order valence-electron chi connectivity index (χ2n) is 8.80. The molecule has 3 aliphatic rings. The molecule has 1 aliphatic carbocycles. The molecule has 2 bridgehead atoms. The summed E-state index contributed by atoms with van der Waals surface area (Å²) in [7, 11) is 1.66. The summed E-state index contributed by atoms with van der Waals surface area (Å²) in [5, 5.41) is 0. The molecule has 3 fully saturated rings. The minimum Gasteiger partial charge on any atom is -0.497 e. The van der Waals surface area contributed by atoms with E-state index in [1.165, 1.54) is 6.42 Å². The molecule has 29 heavy (non-hydrogen) atoms. The maximum atomic E-state index is 13.7. The van der Waals surface area contributed by atoms with Crippen LogP contribution >= 0.6 is 0 Å². The topological polar surface area (TPSA) is 59.1 Å². The van der Waals surface area contributed by atoms with Gasteiger partial charge in [-0.15, -0.1) is 0 Å². The molecule has 0 spiro atoms. The Labute approximate surface area is 173 Å². The Morgan fingerprint density at radius 2 is 2.07 bits per heavy atom. The molecule has 1 aromatic rings. The molecular formula is C23H32N2O4. The Morgan fingerprint density at radius 3 is 2.72 bits per heavy atom. The van der Waals surface area contributed by atoms with E-state index in [1.54, 1.807) is 7.11 Å². The first-order valence-corrected chi connectivity index (χ1v) is 10.8. The van der Waals surface area contributed by atoms with Gasteiger partial charge >= 0.3 is 0 Å². The van der Waals surface area contributed by atoms with E-state index in [9.17, 15) is 9.59 Å². The molecule has 2 amide bonds. The van der Waals surface area contributed by atoms with E-state index in [4.69, 9.17) is 9.47 Å². The Hall–Kier alpha value is -2.08. The molecule has 0 N–H and O–H groups in total. The third kappa shape index (κ3) is 4.00. The molecular weight excluding hydrogens is 368 g/mol. The van der Waals surface area contributed by atoms with Crippen molar-refractivity contribution in [3.63, 3.8) is 0 Å². The Balaban J connectivity index is 1.49. The first kappa shape index (κ1) is 20.2. The fraction of sp³-hybridized carbons (Fsp3) is 0.652. The summed E-state index contributed by atoms with van der Waals surface area (Å²) in [6, 6.07) is 8.34. The largest absolute Gasteiger partial charge is 0.497 e. The number of hydrogen-bond acceptors (Lipinski definition) is 4. The fourth-order valence-corrected chi connectivity index (χ4v) is 5.30. The van der Waals surface area contributed by atoms with Gasteiger partial charge in [0.2, 0.25) is 11.8 Å². The van der Waals surface area contributed by atoms with Gasteiger partial charge in [-0.2, -0.15) is 0 Å². The molecule has 0 unspecified atom stereocenters. The van der Waals surface area contributed by atoms with E-state index in [-0.39, 0.29) is 11.8 Å². The third-order valence-corrected chi connectivity index (χ3v) is 6.80. The highest BCUT2D eigenvalue weighted by Crippen LogP contribution is 2.43. The Morgan fingerprint density at radius 1 is 1.24 bits per heavy atom. The lowest BCUT2D eigenvalue weighted by Crippen LogP contribution is -2.66. The molecule has 2 atom stereocenters. The van der Waals surface area contributed by atoms with Gasteiger partial charge in [0.1, 0.15) is 5.75 Å². The van der Waals surface area contributed by atoms with E-state index >= 15 is 0 Å². The third-order valence-electron chi connectivity index (χ3n) is 6.80. The van der Waals surface area contributed by atoms with Crippen LogP contribution in [-0.4, -0.2) is 67.6 Å². The van der Waals surface area contributed by atoms with Crippen LogP contribution in [0, 0.1) is 11.3 Å². The lowest BCUT2D eigenvalue weighted by Gasteiger charge is -2.51. The minimum atomic E-state index is -0.516. The number of likely N-dealkylation sites (tertiary alicyclic amines) is 2. The van der Waals surface area contributed by atoms with Gasteiger partial charge in [0, 0.05) is 32.3 Å². The zero-order valence-corrected chi connectivity index (χ0v) is 17.6. The summed E-state index contributed by atoms with van der Waals surface area (Å²) < 4.78 is 10.7. The summed E-state index contributed by atoms with van der Waals surface area (Å²) in [5.41, 5.74) is 0.571. The number of ether oxygens (including phenoxy) is 2. The highest BCUT2D eigenvalue weighted by atomic mass is 16.5. The van der Waals surface area contributed by atoms with Crippen molar-refractivity contribution in [1.82, 2.24) is 9.80 Å². The predicted molar refractivity (Wildman–Crippen MR) is 110 cm³/mol. The molecule has 2 saturated heterocycles. The van der Waals surface area contributed by atoms with Crippen molar-refractivity contribution < 1.29 is 19.1 Å². The highest BCUT2D eigenvalue weighted by molar-refractivity contribution is 5.88. The van der Waals surface area contributed by atoms with Gasteiger partial charge in [-0.1, -0.05) is 12.1 Å². The number of hydrogen-bond donors (Lipinski definition) is 0. The molecule has 1 saturated carbocycles. The monoisotopic (exact) mass is 400 g/mol. The van der Waals surface area contributed by atoms with Crippen LogP contribution in [0.2, 0.25) is 0 Å². The molecule has 2 heterocycles. The number of carbonyl (C=O) groups is 2. The van der Waals surface area contributed by atoms with Crippen LogP contribution in [0.15, 0.2) is 24.3 Å². The van der Waals surface area contributed by atoms with Crippen molar-refractivity contribution in [3.05, 3.63) is 29.8 Å². The van der Waals surface area contributed by atoms with E-state index < -0.39 is 5.41 Å². The average Bonchev–Trinajstić information content (AvgIpc) is 3.33. The molecule has 0 aromatic heterocycles. The maximum Gasteiger partial charge on any atom is 0.232 e. The highest BCUT2D eigenvalue weighted by Gasteiger charge is 2.55. The number of fused-ring (bicyclic) bond motifs is 2. The van der Waals surface area contributed by atoms with Gasteiger partial charge < -0.3 is 19.3 Å². The van der Waals surface area contributed by atoms with Gasteiger partial charge in [0.25, 0.3) is 0 Å². The first-order valence-electron chi connectivity index (χ1n) is 10.8. The van der Waals surface area contributed by atoms with Crippen molar-refractivity contribution in [2.24, 2.45) is 11.3 Å². The summed E-state index contributed by atoms with van der Waals surface area (Å²) in [4.78, 5) is 30.1. The van der Waals surface area contributed by atoms with Crippen LogP contribution in [-0.2, 0) is 20.7 Å². The second-order valence-corrected chi connectivity index (χ2v) is 8.80. The maximum absolute atomic E-state index is 13.7. The minimum absolute atomic E-state index is 0.0791. The number of carbonyl (C=O) groups excluding carboxylic acids is 2. The van der Waals surface area contributed by atoms with Gasteiger partial charge in [0.15, 0.2) is 0 Å². The predicted octanol–water partition coefficient (Wildman–Crippen LogP) is 2.50. The SMILES string of the molecule is CCOCCC(=O)N1CC(Cc2cccc(OC)c2)(C(=O)N2C[C@H]3CC[C@H]2C3)C1.